The van der Waals surface area contributed by atoms with Gasteiger partial charge in [0.15, 0.2) is 6.10 Å². The number of nitrogens with zero attached hydrogens (tertiary/aromatic N) is 1. The van der Waals surface area contributed by atoms with Crippen molar-refractivity contribution in [3.8, 4) is 0 Å². The van der Waals surface area contributed by atoms with E-state index in [4.69, 9.17) is 9.57 Å². The highest BCUT2D eigenvalue weighted by Gasteiger charge is 2.47. The van der Waals surface area contributed by atoms with Crippen LogP contribution in [0.25, 0.3) is 0 Å². The van der Waals surface area contributed by atoms with Gasteiger partial charge in [-0.2, -0.15) is 0 Å². The number of ether oxygens (including phenoxy) is 1. The molecule has 0 saturated carbocycles. The lowest BCUT2D eigenvalue weighted by Crippen LogP contribution is -2.34. The molecule has 5 nitrogen and oxygen atoms in total. The van der Waals surface area contributed by atoms with Crippen LogP contribution in [0.4, 0.5) is 4.79 Å². The highest BCUT2D eigenvalue weighted by atomic mass is 16.8. The molecule has 1 aliphatic rings. The van der Waals surface area contributed by atoms with Crippen LogP contribution in [0.3, 0.4) is 0 Å². The topological polar surface area (TPSA) is 55.8 Å². The molecule has 1 heterocycles. The average molecular weight is 373 g/mol. The number of carbonyl (C=O) groups excluding carboxylic acids is 2. The van der Waals surface area contributed by atoms with Gasteiger partial charge in [-0.15, -0.1) is 5.06 Å². The zero-order chi connectivity index (χ0) is 19.3. The van der Waals surface area contributed by atoms with Crippen molar-refractivity contribution in [2.75, 3.05) is 0 Å². The second-order valence-corrected chi connectivity index (χ2v) is 6.50. The summed E-state index contributed by atoms with van der Waals surface area (Å²) in [7, 11) is 0. The molecule has 5 heteroatoms. The van der Waals surface area contributed by atoms with Gasteiger partial charge in [0.1, 0.15) is 6.61 Å². The van der Waals surface area contributed by atoms with Crippen LogP contribution in [0.2, 0.25) is 0 Å². The Morgan fingerprint density at radius 3 is 1.82 bits per heavy atom. The zero-order valence-corrected chi connectivity index (χ0v) is 15.1. The summed E-state index contributed by atoms with van der Waals surface area (Å²) in [4.78, 5) is 30.8. The lowest BCUT2D eigenvalue weighted by atomic mass is 9.86. The molecule has 2 amide bonds. The van der Waals surface area contributed by atoms with Gasteiger partial charge in [0.05, 0.1) is 5.92 Å². The number of benzene rings is 3. The van der Waals surface area contributed by atoms with E-state index in [1.807, 2.05) is 91.0 Å². The molecule has 4 rings (SSSR count). The fraction of sp³-hybridized carbons (Fsp3) is 0.130. The van der Waals surface area contributed by atoms with E-state index in [0.717, 1.165) is 21.8 Å². The van der Waals surface area contributed by atoms with E-state index in [1.54, 1.807) is 0 Å². The monoisotopic (exact) mass is 373 g/mol. The van der Waals surface area contributed by atoms with Crippen molar-refractivity contribution in [1.29, 1.82) is 0 Å². The van der Waals surface area contributed by atoms with E-state index >= 15 is 0 Å². The standard InChI is InChI=1S/C23H19NO4/c25-22-21(28-23(26)24(22)27-16-17-10-4-1-5-11-17)20(18-12-6-2-7-13-18)19-14-8-3-9-15-19/h1-15,20-21H,16H2. The molecular weight excluding hydrogens is 354 g/mol. The molecule has 0 aliphatic carbocycles. The Morgan fingerprint density at radius 2 is 1.29 bits per heavy atom. The molecular formula is C23H19NO4. The summed E-state index contributed by atoms with van der Waals surface area (Å²) in [5, 5.41) is 0.733. The highest BCUT2D eigenvalue weighted by Crippen LogP contribution is 2.34. The summed E-state index contributed by atoms with van der Waals surface area (Å²) in [6.07, 6.45) is -1.77. The normalized spacial score (nSPS) is 16.5. The minimum absolute atomic E-state index is 0.107. The van der Waals surface area contributed by atoms with Gasteiger partial charge in [0.25, 0.3) is 5.91 Å². The Balaban J connectivity index is 1.59. The predicted molar refractivity (Wildman–Crippen MR) is 103 cm³/mol. The van der Waals surface area contributed by atoms with Crippen LogP contribution in [-0.2, 0) is 21.0 Å². The van der Waals surface area contributed by atoms with Crippen LogP contribution in [0.5, 0.6) is 0 Å². The van der Waals surface area contributed by atoms with Crippen LogP contribution in [0.15, 0.2) is 91.0 Å². The number of hydrogen-bond acceptors (Lipinski definition) is 4. The largest absolute Gasteiger partial charge is 0.442 e. The third kappa shape index (κ3) is 3.66. The van der Waals surface area contributed by atoms with Gasteiger partial charge < -0.3 is 4.74 Å². The molecule has 1 unspecified atom stereocenters. The number of rotatable bonds is 6. The summed E-state index contributed by atoms with van der Waals surface area (Å²) in [6, 6.07) is 28.4. The van der Waals surface area contributed by atoms with E-state index in [2.05, 4.69) is 0 Å². The van der Waals surface area contributed by atoms with E-state index in [0.29, 0.717) is 0 Å². The Bertz CT molecular complexity index is 905. The average Bonchev–Trinajstić information content (AvgIpc) is 3.02. The summed E-state index contributed by atoms with van der Waals surface area (Å²) < 4.78 is 5.46. The fourth-order valence-electron chi connectivity index (χ4n) is 3.32. The van der Waals surface area contributed by atoms with Crippen LogP contribution < -0.4 is 0 Å². The number of imide groups is 1. The molecule has 1 aliphatic heterocycles. The molecule has 0 spiro atoms. The second kappa shape index (κ2) is 8.06. The first-order chi connectivity index (χ1) is 13.7. The van der Waals surface area contributed by atoms with Crippen molar-refractivity contribution in [2.24, 2.45) is 0 Å². The molecule has 0 bridgehead atoms. The molecule has 140 valence electrons. The maximum absolute atomic E-state index is 13.0. The van der Waals surface area contributed by atoms with Crippen molar-refractivity contribution in [2.45, 2.75) is 18.6 Å². The minimum atomic E-state index is -0.979. The first-order valence-electron chi connectivity index (χ1n) is 9.05. The molecule has 28 heavy (non-hydrogen) atoms. The molecule has 0 N–H and O–H groups in total. The summed E-state index contributed by atoms with van der Waals surface area (Å²) in [5.74, 6) is -0.914. The lowest BCUT2D eigenvalue weighted by Gasteiger charge is -2.21. The predicted octanol–water partition coefficient (Wildman–Crippen LogP) is 4.30. The van der Waals surface area contributed by atoms with Gasteiger partial charge in [-0.1, -0.05) is 91.0 Å². The van der Waals surface area contributed by atoms with Crippen LogP contribution in [-0.4, -0.2) is 23.2 Å². The van der Waals surface area contributed by atoms with Gasteiger partial charge in [-0.05, 0) is 16.7 Å². The number of amides is 2. The van der Waals surface area contributed by atoms with Crippen molar-refractivity contribution < 1.29 is 19.2 Å². The molecule has 3 aromatic rings. The van der Waals surface area contributed by atoms with Gasteiger partial charge in [0.2, 0.25) is 0 Å². The van der Waals surface area contributed by atoms with Gasteiger partial charge in [0, 0.05) is 0 Å². The van der Waals surface area contributed by atoms with Gasteiger partial charge >= 0.3 is 6.09 Å². The molecule has 0 aromatic heterocycles. The third-order valence-corrected chi connectivity index (χ3v) is 4.66. The molecule has 1 fully saturated rings. The minimum Gasteiger partial charge on any atom is -0.433 e. The SMILES string of the molecule is O=C1OC(C(c2ccccc2)c2ccccc2)C(=O)N1OCc1ccccc1. The van der Waals surface area contributed by atoms with E-state index in [1.165, 1.54) is 0 Å². The second-order valence-electron chi connectivity index (χ2n) is 6.50. The van der Waals surface area contributed by atoms with Crippen molar-refractivity contribution in [3.63, 3.8) is 0 Å². The number of carbonyl (C=O) groups is 2. The summed E-state index contributed by atoms with van der Waals surface area (Å²) >= 11 is 0. The maximum atomic E-state index is 13.0. The highest BCUT2D eigenvalue weighted by molar-refractivity contribution is 5.99. The van der Waals surface area contributed by atoms with Crippen LogP contribution >= 0.6 is 0 Å². The number of cyclic esters (lactones) is 1. The van der Waals surface area contributed by atoms with Gasteiger partial charge in [-0.25, -0.2) is 4.79 Å². The first-order valence-corrected chi connectivity index (χ1v) is 9.05. The Kier molecular flexibility index (Phi) is 5.17. The van der Waals surface area contributed by atoms with Crippen molar-refractivity contribution in [1.82, 2.24) is 5.06 Å². The molecule has 0 radical (unpaired) electrons. The van der Waals surface area contributed by atoms with Crippen LogP contribution in [0.1, 0.15) is 22.6 Å². The Morgan fingerprint density at radius 1 is 0.786 bits per heavy atom. The summed E-state index contributed by atoms with van der Waals surface area (Å²) in [5.41, 5.74) is 2.64. The fourth-order valence-corrected chi connectivity index (χ4v) is 3.32. The number of hydroxylamine groups is 2. The quantitative estimate of drug-likeness (QED) is 0.647. The maximum Gasteiger partial charge on any atom is 0.442 e. The van der Waals surface area contributed by atoms with E-state index < -0.39 is 24.0 Å². The summed E-state index contributed by atoms with van der Waals surface area (Å²) in [6.45, 7) is 0.107. The Labute approximate surface area is 163 Å². The molecule has 1 atom stereocenters. The van der Waals surface area contributed by atoms with Crippen LogP contribution in [0, 0.1) is 0 Å². The zero-order valence-electron chi connectivity index (χ0n) is 15.1. The number of hydrogen-bond donors (Lipinski definition) is 0. The Hall–Kier alpha value is -3.44. The van der Waals surface area contributed by atoms with Crippen molar-refractivity contribution in [3.05, 3.63) is 108 Å². The molecule has 3 aromatic carbocycles. The van der Waals surface area contributed by atoms with E-state index in [9.17, 15) is 9.59 Å². The van der Waals surface area contributed by atoms with E-state index in [-0.39, 0.29) is 6.61 Å². The van der Waals surface area contributed by atoms with Gasteiger partial charge in [-0.3, -0.25) is 9.63 Å². The first kappa shape index (κ1) is 17.9. The molecule has 1 saturated heterocycles. The van der Waals surface area contributed by atoms with Crippen molar-refractivity contribution >= 4 is 12.0 Å². The third-order valence-electron chi connectivity index (χ3n) is 4.66. The smallest absolute Gasteiger partial charge is 0.433 e. The lowest BCUT2D eigenvalue weighted by molar-refractivity contribution is -0.167.